The highest BCUT2D eigenvalue weighted by molar-refractivity contribution is 6.04. The predicted molar refractivity (Wildman–Crippen MR) is 119 cm³/mol. The van der Waals surface area contributed by atoms with Crippen LogP contribution in [0, 0.1) is 28.6 Å². The van der Waals surface area contributed by atoms with E-state index in [9.17, 15) is 29.0 Å². The summed E-state index contributed by atoms with van der Waals surface area (Å²) in [4.78, 5) is 37.8. The number of aliphatic hydroxyl groups excluding tert-OH is 2. The molecule has 4 aliphatic carbocycles. The summed E-state index contributed by atoms with van der Waals surface area (Å²) in [5, 5.41) is 21.2. The van der Waals surface area contributed by atoms with Gasteiger partial charge in [0.1, 0.15) is 6.61 Å². The summed E-state index contributed by atoms with van der Waals surface area (Å²) in [6.07, 6.45) is 1.90. The third kappa shape index (κ3) is 2.87. The van der Waals surface area contributed by atoms with E-state index in [1.54, 1.807) is 13.8 Å². The van der Waals surface area contributed by atoms with Crippen LogP contribution in [0.4, 0.5) is 8.78 Å². The molecular formula is C26H34F2O6. The number of aliphatic hydroxyl groups is 2. The molecule has 4 aliphatic rings. The van der Waals surface area contributed by atoms with Gasteiger partial charge in [-0.25, -0.2) is 8.78 Å². The Morgan fingerprint density at radius 3 is 2.56 bits per heavy atom. The van der Waals surface area contributed by atoms with Crippen molar-refractivity contribution in [2.45, 2.75) is 83.6 Å². The minimum Gasteiger partial charge on any atom is -0.450 e. The van der Waals surface area contributed by atoms with Crippen LogP contribution in [0.1, 0.15) is 66.2 Å². The van der Waals surface area contributed by atoms with E-state index in [1.165, 1.54) is 13.0 Å². The maximum absolute atomic E-state index is 17.2. The van der Waals surface area contributed by atoms with Crippen molar-refractivity contribution < 1.29 is 38.1 Å². The Labute approximate surface area is 198 Å². The van der Waals surface area contributed by atoms with Gasteiger partial charge in [0.25, 0.3) is 0 Å². The number of carbonyl (C=O) groups is 3. The number of Topliss-reactive ketones (excluding diaryl/α,β-unsaturated/α-hetero) is 1. The third-order valence-electron chi connectivity index (χ3n) is 9.56. The number of esters is 1. The molecule has 0 spiro atoms. The van der Waals surface area contributed by atoms with E-state index in [4.69, 9.17) is 4.74 Å². The smallest absolute Gasteiger partial charge is 0.306 e. The van der Waals surface area contributed by atoms with Crippen molar-refractivity contribution in [3.63, 3.8) is 0 Å². The second-order valence-electron chi connectivity index (χ2n) is 11.0. The van der Waals surface area contributed by atoms with Crippen LogP contribution in [0.25, 0.3) is 0 Å². The van der Waals surface area contributed by atoms with Crippen LogP contribution < -0.4 is 0 Å². The van der Waals surface area contributed by atoms with E-state index in [-0.39, 0.29) is 31.3 Å². The molecule has 6 nitrogen and oxygen atoms in total. The molecule has 0 aromatic carbocycles. The number of ketones is 2. The van der Waals surface area contributed by atoms with Gasteiger partial charge in [-0.2, -0.15) is 0 Å². The monoisotopic (exact) mass is 480 g/mol. The number of carbonyl (C=O) groups excluding carboxylic acids is 3. The molecule has 0 bridgehead atoms. The Morgan fingerprint density at radius 1 is 1.26 bits per heavy atom. The Hall–Kier alpha value is -1.93. The van der Waals surface area contributed by atoms with Gasteiger partial charge in [0, 0.05) is 29.1 Å². The second-order valence-corrected chi connectivity index (χ2v) is 11.0. The van der Waals surface area contributed by atoms with E-state index >= 15 is 4.39 Å². The van der Waals surface area contributed by atoms with Crippen LogP contribution in [0.15, 0.2) is 23.6 Å². The molecule has 0 aliphatic heterocycles. The van der Waals surface area contributed by atoms with Crippen molar-refractivity contribution in [2.24, 2.45) is 28.6 Å². The largest absolute Gasteiger partial charge is 0.450 e. The van der Waals surface area contributed by atoms with Crippen LogP contribution in [0.3, 0.4) is 0 Å². The normalized spacial score (nSPS) is 45.5. The van der Waals surface area contributed by atoms with E-state index in [0.717, 1.165) is 6.08 Å². The van der Waals surface area contributed by atoms with Crippen LogP contribution in [0.2, 0.25) is 0 Å². The van der Waals surface area contributed by atoms with Gasteiger partial charge in [0.05, 0.1) is 6.10 Å². The van der Waals surface area contributed by atoms with Gasteiger partial charge in [-0.05, 0) is 56.6 Å². The molecule has 0 amide bonds. The van der Waals surface area contributed by atoms with Crippen LogP contribution in [-0.2, 0) is 19.1 Å². The lowest BCUT2D eigenvalue weighted by Crippen LogP contribution is -2.70. The molecule has 0 unspecified atom stereocenters. The standard InChI is InChI=1S/C26H34F2O6/c1-5-6-21(33)34-26(20(32)13-29)14(2)11-17-15-7-8-16-22(27)18(30)9-10-23(16,3)25(15,28)19(31)12-24(17,26)4/h9-10,14-15,17,19,29,31H,5-8,11-13H2,1-4H3/t14-,15-,17-,19-,23-,24-,25-,26-/m0/s1. The number of rotatable bonds is 5. The first-order valence-corrected chi connectivity index (χ1v) is 12.2. The molecule has 0 aromatic rings. The lowest BCUT2D eigenvalue weighted by atomic mass is 9.44. The summed E-state index contributed by atoms with van der Waals surface area (Å²) >= 11 is 0. The van der Waals surface area contributed by atoms with Gasteiger partial charge < -0.3 is 14.9 Å². The highest BCUT2D eigenvalue weighted by atomic mass is 19.1. The first kappa shape index (κ1) is 25.2. The van der Waals surface area contributed by atoms with Crippen molar-refractivity contribution in [1.29, 1.82) is 0 Å². The third-order valence-corrected chi connectivity index (χ3v) is 9.56. The number of hydrogen-bond acceptors (Lipinski definition) is 6. The number of halogens is 2. The average molecular weight is 481 g/mol. The zero-order chi connectivity index (χ0) is 25.3. The summed E-state index contributed by atoms with van der Waals surface area (Å²) in [7, 11) is 0. The Kier molecular flexibility index (Phi) is 5.96. The first-order valence-electron chi connectivity index (χ1n) is 12.2. The zero-order valence-corrected chi connectivity index (χ0v) is 20.2. The molecule has 34 heavy (non-hydrogen) atoms. The summed E-state index contributed by atoms with van der Waals surface area (Å²) in [5.41, 5.74) is -6.53. The highest BCUT2D eigenvalue weighted by Gasteiger charge is 2.77. The molecule has 2 N–H and O–H groups in total. The van der Waals surface area contributed by atoms with Crippen LogP contribution in [-0.4, -0.2) is 51.7 Å². The van der Waals surface area contributed by atoms with Crippen LogP contribution in [0.5, 0.6) is 0 Å². The van der Waals surface area contributed by atoms with Gasteiger partial charge >= 0.3 is 5.97 Å². The SMILES string of the molecule is CCCC(=O)O[C@]1(C(=O)CO)[C@@H](C)C[C@H]2[C@@H]3CCC4=C(F)C(=O)C=C[C@]4(C)[C@@]3(F)[C@@H](O)C[C@@]21C. The molecular weight excluding hydrogens is 446 g/mol. The number of alkyl halides is 1. The molecule has 8 atom stereocenters. The van der Waals surface area contributed by atoms with E-state index in [2.05, 4.69) is 0 Å². The molecule has 0 saturated heterocycles. The van der Waals surface area contributed by atoms with Gasteiger partial charge in [-0.3, -0.25) is 14.4 Å². The summed E-state index contributed by atoms with van der Waals surface area (Å²) in [5.74, 6) is -4.71. The van der Waals surface area contributed by atoms with E-state index < -0.39 is 75.9 Å². The molecule has 0 radical (unpaired) electrons. The maximum Gasteiger partial charge on any atom is 0.306 e. The Bertz CT molecular complexity index is 990. The zero-order valence-electron chi connectivity index (χ0n) is 20.2. The summed E-state index contributed by atoms with van der Waals surface area (Å²) in [6.45, 7) is 5.99. The Balaban J connectivity index is 1.85. The van der Waals surface area contributed by atoms with Crippen molar-refractivity contribution in [1.82, 2.24) is 0 Å². The minimum absolute atomic E-state index is 0.0690. The molecule has 4 rings (SSSR count). The van der Waals surface area contributed by atoms with Crippen molar-refractivity contribution in [2.75, 3.05) is 6.61 Å². The van der Waals surface area contributed by atoms with Crippen molar-refractivity contribution in [3.8, 4) is 0 Å². The lowest BCUT2D eigenvalue weighted by Gasteiger charge is -2.62. The van der Waals surface area contributed by atoms with E-state index in [1.807, 2.05) is 6.92 Å². The van der Waals surface area contributed by atoms with Crippen molar-refractivity contribution in [3.05, 3.63) is 23.6 Å². The number of ether oxygens (including phenoxy) is 1. The molecule has 0 aromatic heterocycles. The lowest BCUT2D eigenvalue weighted by molar-refractivity contribution is -0.228. The van der Waals surface area contributed by atoms with Crippen molar-refractivity contribution >= 4 is 17.5 Å². The fraction of sp³-hybridized carbons (Fsp3) is 0.731. The van der Waals surface area contributed by atoms with Gasteiger partial charge in [-0.15, -0.1) is 0 Å². The number of hydrogen-bond donors (Lipinski definition) is 2. The Morgan fingerprint density at radius 2 is 1.94 bits per heavy atom. The molecule has 3 fully saturated rings. The fourth-order valence-electron chi connectivity index (χ4n) is 8.03. The summed E-state index contributed by atoms with van der Waals surface area (Å²) < 4.78 is 37.9. The van der Waals surface area contributed by atoms with Gasteiger partial charge in [0.15, 0.2) is 17.1 Å². The van der Waals surface area contributed by atoms with Gasteiger partial charge in [0.2, 0.25) is 11.6 Å². The maximum atomic E-state index is 17.2. The average Bonchev–Trinajstić information content (AvgIpc) is 2.99. The first-order chi connectivity index (χ1) is 15.8. The molecule has 3 saturated carbocycles. The topological polar surface area (TPSA) is 101 Å². The molecule has 8 heteroatoms. The number of fused-ring (bicyclic) bond motifs is 5. The summed E-state index contributed by atoms with van der Waals surface area (Å²) in [6, 6.07) is 0. The molecule has 188 valence electrons. The number of allylic oxidation sites excluding steroid dienone is 4. The second kappa shape index (κ2) is 8.05. The molecule has 0 heterocycles. The minimum atomic E-state index is -2.27. The quantitative estimate of drug-likeness (QED) is 0.584. The highest BCUT2D eigenvalue weighted by Crippen LogP contribution is 2.71. The van der Waals surface area contributed by atoms with Gasteiger partial charge in [-0.1, -0.05) is 26.8 Å². The predicted octanol–water partition coefficient (Wildman–Crippen LogP) is 3.54. The van der Waals surface area contributed by atoms with Crippen LogP contribution >= 0.6 is 0 Å². The fourth-order valence-corrected chi connectivity index (χ4v) is 8.03. The van der Waals surface area contributed by atoms with E-state index in [0.29, 0.717) is 12.8 Å².